The Bertz CT molecular complexity index is 286. The number of carboxylic acid groups (broad SMARTS) is 2. The Kier molecular flexibility index (Phi) is 2.36. The monoisotopic (exact) mass is 183 g/mol. The average Bonchev–Trinajstić information content (AvgIpc) is 2.03. The molecule has 0 unspecified atom stereocenters. The summed E-state index contributed by atoms with van der Waals surface area (Å²) >= 11 is 0. The van der Waals surface area contributed by atoms with Gasteiger partial charge in [-0.1, -0.05) is 0 Å². The summed E-state index contributed by atoms with van der Waals surface area (Å²) in [6.45, 7) is 0. The fourth-order valence-corrected chi connectivity index (χ4v) is 1.09. The van der Waals surface area contributed by atoms with Gasteiger partial charge in [0.05, 0.1) is 11.1 Å². The van der Waals surface area contributed by atoms with Gasteiger partial charge >= 0.3 is 11.9 Å². The Balaban J connectivity index is 2.88. The summed E-state index contributed by atoms with van der Waals surface area (Å²) in [6, 6.07) is 0. The van der Waals surface area contributed by atoms with Crippen molar-refractivity contribution in [2.45, 2.75) is 6.42 Å². The Morgan fingerprint density at radius 2 is 1.62 bits per heavy atom. The summed E-state index contributed by atoms with van der Waals surface area (Å²) in [5.41, 5.74) is 0.171. The van der Waals surface area contributed by atoms with Gasteiger partial charge in [0, 0.05) is 25.9 Å². The van der Waals surface area contributed by atoms with E-state index in [1.165, 1.54) is 17.3 Å². The van der Waals surface area contributed by atoms with Crippen LogP contribution in [0.2, 0.25) is 0 Å². The zero-order valence-electron chi connectivity index (χ0n) is 7.02. The highest BCUT2D eigenvalue weighted by Crippen LogP contribution is 2.18. The molecule has 0 atom stereocenters. The molecule has 70 valence electrons. The van der Waals surface area contributed by atoms with Crippen molar-refractivity contribution >= 4 is 11.9 Å². The zero-order valence-corrected chi connectivity index (χ0v) is 7.02. The fourth-order valence-electron chi connectivity index (χ4n) is 1.09. The number of nitrogens with zero attached hydrogens (tertiary/aromatic N) is 1. The molecule has 2 N–H and O–H groups in total. The van der Waals surface area contributed by atoms with Crippen LogP contribution in [-0.2, 0) is 9.59 Å². The van der Waals surface area contributed by atoms with Crippen molar-refractivity contribution in [1.82, 2.24) is 4.90 Å². The highest BCUT2D eigenvalue weighted by atomic mass is 16.4. The number of rotatable bonds is 2. The van der Waals surface area contributed by atoms with Gasteiger partial charge in [-0.05, 0) is 0 Å². The molecule has 0 saturated carbocycles. The summed E-state index contributed by atoms with van der Waals surface area (Å²) in [7, 11) is 1.59. The maximum absolute atomic E-state index is 10.6. The predicted octanol–water partition coefficient (Wildman–Crippen LogP) is 0.259. The van der Waals surface area contributed by atoms with Gasteiger partial charge in [-0.3, -0.25) is 0 Å². The van der Waals surface area contributed by atoms with Crippen LogP contribution >= 0.6 is 0 Å². The van der Waals surface area contributed by atoms with E-state index in [-0.39, 0.29) is 17.6 Å². The van der Waals surface area contributed by atoms with Crippen LogP contribution in [0.5, 0.6) is 0 Å². The van der Waals surface area contributed by atoms with E-state index in [2.05, 4.69) is 0 Å². The number of hydrogen-bond donors (Lipinski definition) is 2. The molecule has 0 bridgehead atoms. The molecule has 0 spiro atoms. The standard InChI is InChI=1S/C8H9NO4/c1-9-3-5(7(10)11)2-6(4-9)8(12)13/h3-4H,2H2,1H3,(H,10,11)(H,12,13). The van der Waals surface area contributed by atoms with E-state index in [9.17, 15) is 9.59 Å². The van der Waals surface area contributed by atoms with Crippen molar-refractivity contribution in [2.24, 2.45) is 0 Å². The fraction of sp³-hybridized carbons (Fsp3) is 0.250. The molecule has 0 aromatic heterocycles. The van der Waals surface area contributed by atoms with Gasteiger partial charge in [0.1, 0.15) is 0 Å². The van der Waals surface area contributed by atoms with E-state index in [4.69, 9.17) is 10.2 Å². The molecule has 1 heterocycles. The Hall–Kier alpha value is -1.78. The van der Waals surface area contributed by atoms with Crippen molar-refractivity contribution in [3.8, 4) is 0 Å². The molecule has 0 fully saturated rings. The smallest absolute Gasteiger partial charge is 0.333 e. The first-order valence-electron chi connectivity index (χ1n) is 3.60. The minimum absolute atomic E-state index is 0.0327. The van der Waals surface area contributed by atoms with Crippen molar-refractivity contribution < 1.29 is 19.8 Å². The van der Waals surface area contributed by atoms with Crippen molar-refractivity contribution in [1.29, 1.82) is 0 Å². The first-order valence-corrected chi connectivity index (χ1v) is 3.60. The van der Waals surface area contributed by atoms with Gasteiger partial charge in [-0.2, -0.15) is 0 Å². The molecule has 0 aliphatic carbocycles. The molecule has 13 heavy (non-hydrogen) atoms. The zero-order chi connectivity index (χ0) is 10.0. The topological polar surface area (TPSA) is 77.8 Å². The largest absolute Gasteiger partial charge is 0.478 e. The Labute approximate surface area is 74.6 Å². The van der Waals surface area contributed by atoms with Crippen LogP contribution in [0.15, 0.2) is 23.5 Å². The summed E-state index contributed by atoms with van der Waals surface area (Å²) in [6.07, 6.45) is 2.76. The summed E-state index contributed by atoms with van der Waals surface area (Å²) in [4.78, 5) is 22.5. The maximum Gasteiger partial charge on any atom is 0.333 e. The SMILES string of the molecule is CN1C=C(C(=O)O)CC(C(=O)O)=C1. The van der Waals surface area contributed by atoms with Crippen molar-refractivity contribution in [3.05, 3.63) is 23.5 Å². The van der Waals surface area contributed by atoms with Crippen LogP contribution in [0.4, 0.5) is 0 Å². The lowest BCUT2D eigenvalue weighted by Crippen LogP contribution is -2.18. The summed E-state index contributed by atoms with van der Waals surface area (Å²) in [5, 5.41) is 17.3. The minimum Gasteiger partial charge on any atom is -0.478 e. The molecule has 1 aliphatic heterocycles. The van der Waals surface area contributed by atoms with Crippen LogP contribution in [0, 0.1) is 0 Å². The lowest BCUT2D eigenvalue weighted by atomic mass is 10.0. The van der Waals surface area contributed by atoms with Crippen LogP contribution < -0.4 is 0 Å². The van der Waals surface area contributed by atoms with Gasteiger partial charge in [-0.25, -0.2) is 9.59 Å². The van der Waals surface area contributed by atoms with Crippen LogP contribution in [0.25, 0.3) is 0 Å². The third kappa shape index (κ3) is 2.08. The third-order valence-electron chi connectivity index (χ3n) is 1.65. The van der Waals surface area contributed by atoms with E-state index >= 15 is 0 Å². The van der Waals surface area contributed by atoms with E-state index in [1.807, 2.05) is 0 Å². The average molecular weight is 183 g/mol. The highest BCUT2D eigenvalue weighted by Gasteiger charge is 2.19. The Morgan fingerprint density at radius 3 is 1.92 bits per heavy atom. The molecule has 0 radical (unpaired) electrons. The van der Waals surface area contributed by atoms with E-state index in [0.717, 1.165) is 0 Å². The van der Waals surface area contributed by atoms with Crippen molar-refractivity contribution in [3.63, 3.8) is 0 Å². The van der Waals surface area contributed by atoms with Crippen LogP contribution in [0.1, 0.15) is 6.42 Å². The molecule has 1 rings (SSSR count). The lowest BCUT2D eigenvalue weighted by Gasteiger charge is -2.17. The second-order valence-electron chi connectivity index (χ2n) is 2.76. The first kappa shape index (κ1) is 9.31. The number of aliphatic carboxylic acids is 2. The predicted molar refractivity (Wildman–Crippen MR) is 43.8 cm³/mol. The lowest BCUT2D eigenvalue weighted by molar-refractivity contribution is -0.133. The highest BCUT2D eigenvalue weighted by molar-refractivity contribution is 5.93. The number of carbonyl (C=O) groups is 2. The second kappa shape index (κ2) is 3.30. The Morgan fingerprint density at radius 1 is 1.23 bits per heavy atom. The molecule has 5 heteroatoms. The number of carboxylic acids is 2. The normalized spacial score (nSPS) is 16.2. The van der Waals surface area contributed by atoms with E-state index in [1.54, 1.807) is 7.05 Å². The second-order valence-corrected chi connectivity index (χ2v) is 2.76. The minimum atomic E-state index is -1.08. The summed E-state index contributed by atoms with van der Waals surface area (Å²) < 4.78 is 0. The molecule has 5 nitrogen and oxygen atoms in total. The van der Waals surface area contributed by atoms with E-state index in [0.29, 0.717) is 0 Å². The molecule has 0 amide bonds. The quantitative estimate of drug-likeness (QED) is 0.642. The molecule has 0 saturated heterocycles. The van der Waals surface area contributed by atoms with Gasteiger partial charge in [0.15, 0.2) is 0 Å². The molecular weight excluding hydrogens is 174 g/mol. The van der Waals surface area contributed by atoms with Gasteiger partial charge < -0.3 is 15.1 Å². The molecule has 0 aromatic rings. The van der Waals surface area contributed by atoms with Crippen LogP contribution in [-0.4, -0.2) is 34.1 Å². The molecular formula is C8H9NO4. The number of hydrogen-bond acceptors (Lipinski definition) is 3. The van der Waals surface area contributed by atoms with Gasteiger partial charge in [0.2, 0.25) is 0 Å². The van der Waals surface area contributed by atoms with Gasteiger partial charge in [0.25, 0.3) is 0 Å². The summed E-state index contributed by atoms with van der Waals surface area (Å²) in [5.74, 6) is -2.17. The third-order valence-corrected chi connectivity index (χ3v) is 1.65. The molecule has 1 aliphatic rings. The van der Waals surface area contributed by atoms with Crippen LogP contribution in [0.3, 0.4) is 0 Å². The maximum atomic E-state index is 10.6. The first-order chi connectivity index (χ1) is 6.00. The molecule has 0 aromatic carbocycles. The van der Waals surface area contributed by atoms with Crippen molar-refractivity contribution in [2.75, 3.05) is 7.05 Å². The van der Waals surface area contributed by atoms with Gasteiger partial charge in [-0.15, -0.1) is 0 Å². The van der Waals surface area contributed by atoms with E-state index < -0.39 is 11.9 Å².